The normalized spacial score (nSPS) is 10.4. The van der Waals surface area contributed by atoms with Gasteiger partial charge >= 0.3 is 0 Å². The molecule has 5 heteroatoms. The van der Waals surface area contributed by atoms with Gasteiger partial charge < -0.3 is 5.32 Å². The summed E-state index contributed by atoms with van der Waals surface area (Å²) in [5.41, 5.74) is 3.15. The lowest BCUT2D eigenvalue weighted by atomic mass is 10.2. The van der Waals surface area contributed by atoms with Crippen LogP contribution in [0.5, 0.6) is 0 Å². The number of hydrogen-bond donors (Lipinski definition) is 1. The first kappa shape index (κ1) is 12.3. The maximum atomic E-state index is 4.37. The number of aromatic nitrogens is 4. The predicted octanol–water partition coefficient (Wildman–Crippen LogP) is 2.58. The summed E-state index contributed by atoms with van der Waals surface area (Å²) in [6.07, 6.45) is 7.29. The Morgan fingerprint density at radius 2 is 2.05 bits per heavy atom. The van der Waals surface area contributed by atoms with Crippen molar-refractivity contribution in [2.45, 2.75) is 13.5 Å². The predicted molar refractivity (Wildman–Crippen MR) is 77.7 cm³/mol. The quantitative estimate of drug-likeness (QED) is 0.787. The van der Waals surface area contributed by atoms with E-state index < -0.39 is 0 Å². The molecule has 0 spiro atoms. The lowest BCUT2D eigenvalue weighted by Gasteiger charge is -2.07. The molecule has 0 fully saturated rings. The van der Waals surface area contributed by atoms with Crippen LogP contribution in [0.4, 0.5) is 5.69 Å². The Morgan fingerprint density at radius 1 is 1.10 bits per heavy atom. The van der Waals surface area contributed by atoms with Crippen molar-refractivity contribution in [2.75, 3.05) is 5.32 Å². The van der Waals surface area contributed by atoms with Crippen molar-refractivity contribution in [2.24, 2.45) is 0 Å². The summed E-state index contributed by atoms with van der Waals surface area (Å²) in [6, 6.07) is 9.88. The van der Waals surface area contributed by atoms with E-state index in [1.807, 2.05) is 43.6 Å². The van der Waals surface area contributed by atoms with E-state index in [4.69, 9.17) is 0 Å². The molecular weight excluding hydrogens is 250 g/mol. The first-order valence-electron chi connectivity index (χ1n) is 6.43. The van der Waals surface area contributed by atoms with Gasteiger partial charge in [-0.25, -0.2) is 9.67 Å². The Hall–Kier alpha value is -2.69. The average Bonchev–Trinajstić information content (AvgIpc) is 3.01. The second kappa shape index (κ2) is 5.52. The topological polar surface area (TPSA) is 55.6 Å². The molecule has 0 aliphatic heterocycles. The van der Waals surface area contributed by atoms with Crippen LogP contribution in [-0.4, -0.2) is 19.7 Å². The van der Waals surface area contributed by atoms with Gasteiger partial charge in [-0.1, -0.05) is 6.07 Å². The van der Waals surface area contributed by atoms with Crippen molar-refractivity contribution >= 4 is 5.69 Å². The molecule has 3 aromatic heterocycles. The summed E-state index contributed by atoms with van der Waals surface area (Å²) in [4.78, 5) is 8.64. The molecule has 3 heterocycles. The smallest absolute Gasteiger partial charge is 0.153 e. The molecule has 1 N–H and O–H groups in total. The average molecular weight is 265 g/mol. The van der Waals surface area contributed by atoms with Crippen LogP contribution in [0.15, 0.2) is 55.1 Å². The molecular formula is C15H15N5. The van der Waals surface area contributed by atoms with Crippen molar-refractivity contribution in [1.29, 1.82) is 0 Å². The second-order valence-electron chi connectivity index (χ2n) is 4.52. The van der Waals surface area contributed by atoms with Gasteiger partial charge in [-0.3, -0.25) is 4.98 Å². The minimum atomic E-state index is 0.732. The van der Waals surface area contributed by atoms with Gasteiger partial charge in [0.05, 0.1) is 11.9 Å². The molecule has 3 aromatic rings. The zero-order valence-corrected chi connectivity index (χ0v) is 11.2. The zero-order chi connectivity index (χ0) is 13.8. The molecule has 100 valence electrons. The van der Waals surface area contributed by atoms with Crippen LogP contribution < -0.4 is 5.32 Å². The van der Waals surface area contributed by atoms with E-state index >= 15 is 0 Å². The molecule has 0 aliphatic rings. The summed E-state index contributed by atoms with van der Waals surface area (Å²) in [5.74, 6) is 0.803. The third kappa shape index (κ3) is 2.83. The number of nitrogens with zero attached hydrogens (tertiary/aromatic N) is 4. The minimum absolute atomic E-state index is 0.732. The molecule has 0 bridgehead atoms. The van der Waals surface area contributed by atoms with E-state index in [2.05, 4.69) is 26.4 Å². The molecule has 0 aliphatic carbocycles. The number of nitrogens with one attached hydrogen (secondary N) is 1. The molecule has 0 saturated heterocycles. The molecule has 0 amide bonds. The van der Waals surface area contributed by atoms with E-state index in [1.165, 1.54) is 0 Å². The largest absolute Gasteiger partial charge is 0.380 e. The van der Waals surface area contributed by atoms with Crippen LogP contribution in [0.3, 0.4) is 0 Å². The zero-order valence-electron chi connectivity index (χ0n) is 11.2. The van der Waals surface area contributed by atoms with Crippen LogP contribution in [0, 0.1) is 6.92 Å². The molecule has 20 heavy (non-hydrogen) atoms. The fourth-order valence-electron chi connectivity index (χ4n) is 1.84. The van der Waals surface area contributed by atoms with Crippen LogP contribution in [0.25, 0.3) is 5.82 Å². The Kier molecular flexibility index (Phi) is 3.41. The first-order chi connectivity index (χ1) is 9.81. The summed E-state index contributed by atoms with van der Waals surface area (Å²) in [5, 5.41) is 7.46. The Bertz CT molecular complexity index is 656. The van der Waals surface area contributed by atoms with E-state index in [0.29, 0.717) is 0 Å². The molecule has 0 aromatic carbocycles. The standard InChI is InChI=1S/C15H15N5/c1-12-3-4-13(9-16-12)10-17-14-5-6-15(18-11-14)20-8-2-7-19-20/h2-9,11,17H,10H2,1H3. The molecule has 0 unspecified atom stereocenters. The highest BCUT2D eigenvalue weighted by Gasteiger charge is 1.99. The van der Waals surface area contributed by atoms with Gasteiger partial charge in [-0.15, -0.1) is 0 Å². The van der Waals surface area contributed by atoms with Crippen LogP contribution in [0.2, 0.25) is 0 Å². The SMILES string of the molecule is Cc1ccc(CNc2ccc(-n3cccn3)nc2)cn1. The lowest BCUT2D eigenvalue weighted by molar-refractivity contribution is 0.847. The van der Waals surface area contributed by atoms with Crippen molar-refractivity contribution < 1.29 is 0 Å². The van der Waals surface area contributed by atoms with Crippen molar-refractivity contribution in [3.8, 4) is 5.82 Å². The van der Waals surface area contributed by atoms with Gasteiger partial charge in [0.1, 0.15) is 0 Å². The summed E-state index contributed by atoms with van der Waals surface area (Å²) in [6.45, 7) is 2.71. The molecule has 3 rings (SSSR count). The van der Waals surface area contributed by atoms with Crippen LogP contribution in [-0.2, 0) is 6.54 Å². The summed E-state index contributed by atoms with van der Waals surface area (Å²) >= 11 is 0. The number of hydrogen-bond acceptors (Lipinski definition) is 4. The van der Waals surface area contributed by atoms with E-state index in [-0.39, 0.29) is 0 Å². The highest BCUT2D eigenvalue weighted by molar-refractivity contribution is 5.43. The number of pyridine rings is 2. The van der Waals surface area contributed by atoms with Crippen LogP contribution in [0.1, 0.15) is 11.3 Å². The van der Waals surface area contributed by atoms with Gasteiger partial charge in [-0.2, -0.15) is 5.10 Å². The monoisotopic (exact) mass is 265 g/mol. The first-order valence-corrected chi connectivity index (χ1v) is 6.43. The maximum absolute atomic E-state index is 4.37. The maximum Gasteiger partial charge on any atom is 0.153 e. The van der Waals surface area contributed by atoms with Crippen molar-refractivity contribution in [1.82, 2.24) is 19.7 Å². The van der Waals surface area contributed by atoms with Gasteiger partial charge in [0.2, 0.25) is 0 Å². The van der Waals surface area contributed by atoms with E-state index in [9.17, 15) is 0 Å². The fourth-order valence-corrected chi connectivity index (χ4v) is 1.84. The number of anilines is 1. The molecule has 0 atom stereocenters. The highest BCUT2D eigenvalue weighted by Crippen LogP contribution is 2.10. The van der Waals surface area contributed by atoms with E-state index in [1.54, 1.807) is 17.1 Å². The lowest BCUT2D eigenvalue weighted by Crippen LogP contribution is -2.02. The van der Waals surface area contributed by atoms with Crippen LogP contribution >= 0.6 is 0 Å². The Balaban J connectivity index is 1.65. The Labute approximate surface area is 117 Å². The van der Waals surface area contributed by atoms with E-state index in [0.717, 1.165) is 29.3 Å². The summed E-state index contributed by atoms with van der Waals surface area (Å²) < 4.78 is 1.73. The highest BCUT2D eigenvalue weighted by atomic mass is 15.3. The second-order valence-corrected chi connectivity index (χ2v) is 4.52. The van der Waals surface area contributed by atoms with Gasteiger partial charge in [-0.05, 0) is 36.8 Å². The summed E-state index contributed by atoms with van der Waals surface area (Å²) in [7, 11) is 0. The number of rotatable bonds is 4. The number of aryl methyl sites for hydroxylation is 1. The minimum Gasteiger partial charge on any atom is -0.380 e. The molecule has 0 saturated carbocycles. The van der Waals surface area contributed by atoms with Gasteiger partial charge in [0, 0.05) is 30.8 Å². The van der Waals surface area contributed by atoms with Crippen molar-refractivity contribution in [3.63, 3.8) is 0 Å². The molecule has 5 nitrogen and oxygen atoms in total. The van der Waals surface area contributed by atoms with Gasteiger partial charge in [0.25, 0.3) is 0 Å². The Morgan fingerprint density at radius 3 is 2.70 bits per heavy atom. The fraction of sp³-hybridized carbons (Fsp3) is 0.133. The third-order valence-electron chi connectivity index (χ3n) is 2.96. The van der Waals surface area contributed by atoms with Crippen molar-refractivity contribution in [3.05, 3.63) is 66.4 Å². The molecule has 0 radical (unpaired) electrons. The van der Waals surface area contributed by atoms with Gasteiger partial charge in [0.15, 0.2) is 5.82 Å². The third-order valence-corrected chi connectivity index (χ3v) is 2.96.